The highest BCUT2D eigenvalue weighted by atomic mass is 35.5. The van der Waals surface area contributed by atoms with Crippen molar-refractivity contribution in [1.29, 1.82) is 0 Å². The first-order valence-corrected chi connectivity index (χ1v) is 5.21. The van der Waals surface area contributed by atoms with Gasteiger partial charge in [0.2, 0.25) is 5.95 Å². The van der Waals surface area contributed by atoms with Crippen LogP contribution >= 0.6 is 11.6 Å². The lowest BCUT2D eigenvalue weighted by Crippen LogP contribution is -2.14. The fraction of sp³-hybridized carbons (Fsp3) is 0.300. The third-order valence-electron chi connectivity index (χ3n) is 2.02. The van der Waals surface area contributed by atoms with Crippen molar-refractivity contribution in [2.24, 2.45) is 0 Å². The summed E-state index contributed by atoms with van der Waals surface area (Å²) in [6, 6.07) is 3.62. The second kappa shape index (κ2) is 4.49. The van der Waals surface area contributed by atoms with Crippen LogP contribution in [-0.2, 0) is 6.54 Å². The summed E-state index contributed by atoms with van der Waals surface area (Å²) < 4.78 is 1.79. The van der Waals surface area contributed by atoms with Gasteiger partial charge in [-0.1, -0.05) is 11.6 Å². The first-order chi connectivity index (χ1) is 7.65. The van der Waals surface area contributed by atoms with Gasteiger partial charge in [0.05, 0.1) is 12.2 Å². The van der Waals surface area contributed by atoms with Gasteiger partial charge in [-0.05, 0) is 12.1 Å². The van der Waals surface area contributed by atoms with E-state index in [0.29, 0.717) is 17.6 Å². The van der Waals surface area contributed by atoms with Crippen LogP contribution in [0.25, 0.3) is 0 Å². The molecule has 0 bridgehead atoms. The normalized spacial score (nSPS) is 10.4. The van der Waals surface area contributed by atoms with Gasteiger partial charge in [-0.25, -0.2) is 9.97 Å². The molecule has 2 heterocycles. The van der Waals surface area contributed by atoms with Crippen molar-refractivity contribution in [3.63, 3.8) is 0 Å². The zero-order valence-corrected chi connectivity index (χ0v) is 9.89. The molecule has 0 aliphatic carbocycles. The largest absolute Gasteiger partial charge is 0.347 e. The number of hydrogen-bond donors (Lipinski definition) is 0. The van der Waals surface area contributed by atoms with Crippen LogP contribution in [0.3, 0.4) is 0 Å². The van der Waals surface area contributed by atoms with Crippen LogP contribution in [0.15, 0.2) is 24.5 Å². The van der Waals surface area contributed by atoms with Crippen LogP contribution in [0.5, 0.6) is 0 Å². The van der Waals surface area contributed by atoms with E-state index >= 15 is 0 Å². The molecule has 0 saturated carbocycles. The van der Waals surface area contributed by atoms with E-state index in [2.05, 4.69) is 15.1 Å². The summed E-state index contributed by atoms with van der Waals surface area (Å²) in [5.74, 6) is 0.606. The first kappa shape index (κ1) is 10.9. The van der Waals surface area contributed by atoms with E-state index in [4.69, 9.17) is 11.6 Å². The summed E-state index contributed by atoms with van der Waals surface area (Å²) in [6.07, 6.45) is 3.61. The number of anilines is 1. The molecule has 16 heavy (non-hydrogen) atoms. The van der Waals surface area contributed by atoms with Gasteiger partial charge in [-0.2, -0.15) is 5.10 Å². The molecule has 5 nitrogen and oxygen atoms in total. The minimum Gasteiger partial charge on any atom is -0.347 e. The molecule has 0 saturated heterocycles. The molecular weight excluding hydrogens is 226 g/mol. The second-order valence-corrected chi connectivity index (χ2v) is 3.97. The molecule has 0 atom stereocenters. The molecule has 6 heteroatoms. The maximum Gasteiger partial charge on any atom is 0.226 e. The Balaban J connectivity index is 2.27. The lowest BCUT2D eigenvalue weighted by Gasteiger charge is -2.11. The van der Waals surface area contributed by atoms with Crippen molar-refractivity contribution in [2.45, 2.75) is 6.54 Å². The smallest absolute Gasteiger partial charge is 0.226 e. The monoisotopic (exact) mass is 237 g/mol. The van der Waals surface area contributed by atoms with E-state index in [1.54, 1.807) is 16.9 Å². The average Bonchev–Trinajstić information content (AvgIpc) is 2.69. The molecule has 0 aromatic carbocycles. The van der Waals surface area contributed by atoms with Crippen LogP contribution in [-0.4, -0.2) is 33.8 Å². The van der Waals surface area contributed by atoms with Gasteiger partial charge in [-0.3, -0.25) is 4.68 Å². The third kappa shape index (κ3) is 2.49. The van der Waals surface area contributed by atoms with Crippen LogP contribution in [0, 0.1) is 0 Å². The van der Waals surface area contributed by atoms with E-state index in [1.165, 1.54) is 0 Å². The summed E-state index contributed by atoms with van der Waals surface area (Å²) in [5.41, 5.74) is 0.840. The van der Waals surface area contributed by atoms with E-state index in [9.17, 15) is 0 Å². The third-order valence-corrected chi connectivity index (χ3v) is 2.21. The average molecular weight is 238 g/mol. The zero-order valence-electron chi connectivity index (χ0n) is 9.13. The number of hydrogen-bond acceptors (Lipinski definition) is 4. The van der Waals surface area contributed by atoms with Crippen LogP contribution < -0.4 is 4.90 Å². The van der Waals surface area contributed by atoms with Gasteiger partial charge in [0.1, 0.15) is 5.15 Å². The Kier molecular flexibility index (Phi) is 3.05. The lowest BCUT2D eigenvalue weighted by molar-refractivity contribution is 0.670. The first-order valence-electron chi connectivity index (χ1n) is 4.83. The maximum absolute atomic E-state index is 5.93. The van der Waals surface area contributed by atoms with Crippen molar-refractivity contribution in [3.05, 3.63) is 35.4 Å². The Bertz CT molecular complexity index is 466. The Morgan fingerprint density at radius 2 is 2.19 bits per heavy atom. The Hall–Kier alpha value is -1.62. The standard InChI is InChI=1S/C10H12ClN5/c1-15(2)10-13-8(6-9(11)14-10)7-16-5-3-4-12-16/h3-6H,7H2,1-2H3. The number of aromatic nitrogens is 4. The molecule has 0 fully saturated rings. The maximum atomic E-state index is 5.93. The zero-order chi connectivity index (χ0) is 11.5. The fourth-order valence-corrected chi connectivity index (χ4v) is 1.49. The van der Waals surface area contributed by atoms with Gasteiger partial charge in [0.25, 0.3) is 0 Å². The fourth-order valence-electron chi connectivity index (χ4n) is 1.29. The molecule has 0 radical (unpaired) electrons. The quantitative estimate of drug-likeness (QED) is 0.758. The van der Waals surface area contributed by atoms with Crippen molar-refractivity contribution in [3.8, 4) is 0 Å². The Morgan fingerprint density at radius 1 is 1.38 bits per heavy atom. The van der Waals surface area contributed by atoms with Crippen LogP contribution in [0.4, 0.5) is 5.95 Å². The molecule has 0 aliphatic heterocycles. The molecule has 2 rings (SSSR count). The molecule has 0 aliphatic rings. The van der Waals surface area contributed by atoms with E-state index in [-0.39, 0.29) is 0 Å². The molecule has 84 valence electrons. The highest BCUT2D eigenvalue weighted by Crippen LogP contribution is 2.12. The number of halogens is 1. The Labute approximate surface area is 98.7 Å². The summed E-state index contributed by atoms with van der Waals surface area (Å²) in [7, 11) is 3.76. The van der Waals surface area contributed by atoms with E-state index < -0.39 is 0 Å². The molecular formula is C10H12ClN5. The second-order valence-electron chi connectivity index (χ2n) is 3.58. The highest BCUT2D eigenvalue weighted by Gasteiger charge is 2.05. The minimum atomic E-state index is 0.445. The molecule has 2 aromatic rings. The molecule has 0 unspecified atom stereocenters. The van der Waals surface area contributed by atoms with Gasteiger partial charge < -0.3 is 4.90 Å². The van der Waals surface area contributed by atoms with Crippen molar-refractivity contribution in [2.75, 3.05) is 19.0 Å². The summed E-state index contributed by atoms with van der Waals surface area (Å²) in [4.78, 5) is 10.3. The predicted molar refractivity (Wildman–Crippen MR) is 62.7 cm³/mol. The molecule has 2 aromatic heterocycles. The van der Waals surface area contributed by atoms with Gasteiger partial charge >= 0.3 is 0 Å². The number of rotatable bonds is 3. The SMILES string of the molecule is CN(C)c1nc(Cl)cc(Cn2cccn2)n1. The minimum absolute atomic E-state index is 0.445. The van der Waals surface area contributed by atoms with Crippen molar-refractivity contribution < 1.29 is 0 Å². The van der Waals surface area contributed by atoms with Gasteiger partial charge in [0.15, 0.2) is 0 Å². The van der Waals surface area contributed by atoms with Crippen molar-refractivity contribution in [1.82, 2.24) is 19.7 Å². The predicted octanol–water partition coefficient (Wildman–Crippen LogP) is 1.44. The Morgan fingerprint density at radius 3 is 2.81 bits per heavy atom. The molecule has 0 amide bonds. The van der Waals surface area contributed by atoms with Crippen LogP contribution in [0.2, 0.25) is 5.15 Å². The molecule has 0 N–H and O–H groups in total. The van der Waals surface area contributed by atoms with Crippen molar-refractivity contribution >= 4 is 17.5 Å². The summed E-state index contributed by atoms with van der Waals surface area (Å²) >= 11 is 5.93. The summed E-state index contributed by atoms with van der Waals surface area (Å²) in [6.45, 7) is 0.593. The van der Waals surface area contributed by atoms with Crippen LogP contribution in [0.1, 0.15) is 5.69 Å². The van der Waals surface area contributed by atoms with E-state index in [1.807, 2.05) is 31.3 Å². The molecule has 0 spiro atoms. The van der Waals surface area contributed by atoms with Gasteiger partial charge in [0, 0.05) is 26.5 Å². The van der Waals surface area contributed by atoms with Gasteiger partial charge in [-0.15, -0.1) is 0 Å². The highest BCUT2D eigenvalue weighted by molar-refractivity contribution is 6.29. The van der Waals surface area contributed by atoms with E-state index in [0.717, 1.165) is 5.69 Å². The topological polar surface area (TPSA) is 46.8 Å². The summed E-state index contributed by atoms with van der Waals surface area (Å²) in [5, 5.41) is 4.56. The lowest BCUT2D eigenvalue weighted by atomic mass is 10.4. The number of nitrogens with zero attached hydrogens (tertiary/aromatic N) is 5.